The maximum atomic E-state index is 14.7. The summed E-state index contributed by atoms with van der Waals surface area (Å²) in [7, 11) is 5.05. The number of aliphatic hydroxyl groups is 1. The highest BCUT2D eigenvalue weighted by Gasteiger charge is 2.57. The topological polar surface area (TPSA) is 83.1 Å². The van der Waals surface area contributed by atoms with Crippen LogP contribution in [0.5, 0.6) is 0 Å². The number of rotatable bonds is 11. The molecular weight excluding hydrogens is 509 g/mol. The molecule has 2 bridgehead atoms. The number of hydrogen-bond acceptors (Lipinski definition) is 7. The number of esters is 1. The Morgan fingerprint density at radius 2 is 1.75 bits per heavy atom. The fourth-order valence-electron chi connectivity index (χ4n) is 5.48. The van der Waals surface area contributed by atoms with Crippen LogP contribution in [0.3, 0.4) is 0 Å². The predicted molar refractivity (Wildman–Crippen MR) is 153 cm³/mol. The minimum absolute atomic E-state index is 0.233. The van der Waals surface area contributed by atoms with E-state index in [1.807, 2.05) is 91.8 Å². The van der Waals surface area contributed by atoms with Crippen LogP contribution in [0.1, 0.15) is 11.1 Å². The summed E-state index contributed by atoms with van der Waals surface area (Å²) in [5, 5.41) is 17.9. The second kappa shape index (κ2) is 11.6. The summed E-state index contributed by atoms with van der Waals surface area (Å²) in [5.41, 5.74) is 2.21. The SMILES string of the molecule is COC(=O)C1=C(C(O)Nc2ccc(CN(C)C)c(F)c2)C2C=CC1(C(Cc1ccccc1)Nc1ccccc1)O2. The number of carbonyl (C=O) groups excluding carboxylic acids is 1. The molecule has 3 N–H and O–H groups in total. The van der Waals surface area contributed by atoms with Crippen molar-refractivity contribution in [3.05, 3.63) is 119 Å². The molecule has 2 heterocycles. The molecule has 0 aliphatic carbocycles. The van der Waals surface area contributed by atoms with Crippen LogP contribution in [0.4, 0.5) is 15.8 Å². The van der Waals surface area contributed by atoms with Crippen LogP contribution in [0.2, 0.25) is 0 Å². The number of anilines is 2. The molecule has 5 rings (SSSR count). The lowest BCUT2D eigenvalue weighted by Gasteiger charge is -2.36. The van der Waals surface area contributed by atoms with Crippen molar-refractivity contribution in [1.82, 2.24) is 4.90 Å². The molecule has 0 saturated carbocycles. The van der Waals surface area contributed by atoms with E-state index in [4.69, 9.17) is 9.47 Å². The molecule has 4 atom stereocenters. The molecular formula is C32H34FN3O4. The van der Waals surface area contributed by atoms with Crippen molar-refractivity contribution in [2.45, 2.75) is 36.9 Å². The van der Waals surface area contributed by atoms with Crippen LogP contribution < -0.4 is 10.6 Å². The molecule has 208 valence electrons. The van der Waals surface area contributed by atoms with E-state index < -0.39 is 29.9 Å². The lowest BCUT2D eigenvalue weighted by Crippen LogP contribution is -2.49. The first-order chi connectivity index (χ1) is 19.3. The highest BCUT2D eigenvalue weighted by atomic mass is 19.1. The van der Waals surface area contributed by atoms with Gasteiger partial charge >= 0.3 is 5.97 Å². The number of ether oxygens (including phenoxy) is 2. The van der Waals surface area contributed by atoms with Gasteiger partial charge in [0.05, 0.1) is 18.7 Å². The average Bonchev–Trinajstić information content (AvgIpc) is 3.53. The second-order valence-electron chi connectivity index (χ2n) is 10.4. The molecule has 0 fully saturated rings. The Hall–Kier alpha value is -3.98. The van der Waals surface area contributed by atoms with Gasteiger partial charge in [-0.05, 0) is 56.4 Å². The summed E-state index contributed by atoms with van der Waals surface area (Å²) >= 11 is 0. The van der Waals surface area contributed by atoms with Gasteiger partial charge in [-0.1, -0.05) is 60.7 Å². The Bertz CT molecular complexity index is 1370. The zero-order chi connectivity index (χ0) is 28.3. The first-order valence-electron chi connectivity index (χ1n) is 13.2. The van der Waals surface area contributed by atoms with E-state index in [-0.39, 0.29) is 11.4 Å². The number of halogens is 1. The third kappa shape index (κ3) is 5.51. The molecule has 2 aliphatic heterocycles. The molecule has 3 aromatic carbocycles. The third-order valence-corrected chi connectivity index (χ3v) is 7.27. The van der Waals surface area contributed by atoms with Gasteiger partial charge in [-0.2, -0.15) is 0 Å². The van der Waals surface area contributed by atoms with E-state index in [1.165, 1.54) is 13.2 Å². The quantitative estimate of drug-likeness (QED) is 0.186. The van der Waals surface area contributed by atoms with Crippen LogP contribution in [0, 0.1) is 5.82 Å². The van der Waals surface area contributed by atoms with Gasteiger partial charge in [-0.3, -0.25) is 0 Å². The highest BCUT2D eigenvalue weighted by Crippen LogP contribution is 2.48. The molecule has 4 unspecified atom stereocenters. The number of benzene rings is 3. The normalized spacial score (nSPS) is 21.0. The minimum Gasteiger partial charge on any atom is -0.466 e. The van der Waals surface area contributed by atoms with Crippen LogP contribution >= 0.6 is 0 Å². The largest absolute Gasteiger partial charge is 0.466 e. The van der Waals surface area contributed by atoms with Gasteiger partial charge in [-0.25, -0.2) is 9.18 Å². The van der Waals surface area contributed by atoms with Gasteiger partial charge in [0.15, 0.2) is 6.23 Å². The Kier molecular flexibility index (Phi) is 8.02. The highest BCUT2D eigenvalue weighted by molar-refractivity contribution is 5.95. The van der Waals surface area contributed by atoms with Crippen LogP contribution in [0.15, 0.2) is 102 Å². The number of nitrogens with zero attached hydrogens (tertiary/aromatic N) is 1. The lowest BCUT2D eigenvalue weighted by atomic mass is 9.78. The molecule has 2 aliphatic rings. The monoisotopic (exact) mass is 543 g/mol. The van der Waals surface area contributed by atoms with Crippen molar-refractivity contribution >= 4 is 17.3 Å². The average molecular weight is 544 g/mol. The van der Waals surface area contributed by atoms with Gasteiger partial charge in [0.25, 0.3) is 0 Å². The van der Waals surface area contributed by atoms with Crippen molar-refractivity contribution in [2.24, 2.45) is 0 Å². The lowest BCUT2D eigenvalue weighted by molar-refractivity contribution is -0.138. The van der Waals surface area contributed by atoms with E-state index in [0.29, 0.717) is 29.8 Å². The zero-order valence-corrected chi connectivity index (χ0v) is 22.8. The molecule has 0 spiro atoms. The fourth-order valence-corrected chi connectivity index (χ4v) is 5.48. The molecule has 0 aromatic heterocycles. The van der Waals surface area contributed by atoms with Gasteiger partial charge in [0.2, 0.25) is 0 Å². The summed E-state index contributed by atoms with van der Waals surface area (Å²) in [5.74, 6) is -0.980. The van der Waals surface area contributed by atoms with Gasteiger partial charge in [-0.15, -0.1) is 0 Å². The minimum atomic E-state index is -1.32. The van der Waals surface area contributed by atoms with E-state index in [2.05, 4.69) is 10.6 Å². The summed E-state index contributed by atoms with van der Waals surface area (Å²) in [6.07, 6.45) is 2.27. The fraction of sp³-hybridized carbons (Fsp3) is 0.281. The smallest absolute Gasteiger partial charge is 0.337 e. The molecule has 0 saturated heterocycles. The first-order valence-corrected chi connectivity index (χ1v) is 13.2. The standard InChI is InChI=1S/C32H34FN3O4/c1-36(2)20-22-14-15-24(19-25(22)33)35-30(37)28-26-16-17-32(40-26,29(28)31(38)39-3)27(18-21-10-6-4-7-11-21)34-23-12-8-5-9-13-23/h4-17,19,26-27,30,34-35,37H,18,20H2,1-3H3. The number of methoxy groups -OCH3 is 1. The Labute approximate surface area is 233 Å². The summed E-state index contributed by atoms with van der Waals surface area (Å²) in [6.45, 7) is 0.451. The van der Waals surface area contributed by atoms with Crippen molar-refractivity contribution in [1.29, 1.82) is 0 Å². The Morgan fingerprint density at radius 1 is 1.05 bits per heavy atom. The molecule has 40 heavy (non-hydrogen) atoms. The van der Waals surface area contributed by atoms with Gasteiger partial charge in [0, 0.05) is 29.1 Å². The van der Waals surface area contributed by atoms with Crippen molar-refractivity contribution in [2.75, 3.05) is 31.8 Å². The van der Waals surface area contributed by atoms with Gasteiger partial charge in [0.1, 0.15) is 17.5 Å². The second-order valence-corrected chi connectivity index (χ2v) is 10.4. The van der Waals surface area contributed by atoms with Crippen LogP contribution in [-0.4, -0.2) is 61.2 Å². The maximum absolute atomic E-state index is 14.7. The van der Waals surface area contributed by atoms with E-state index in [1.54, 1.807) is 12.1 Å². The molecule has 0 radical (unpaired) electrons. The van der Waals surface area contributed by atoms with E-state index in [0.717, 1.165) is 11.3 Å². The molecule has 7 nitrogen and oxygen atoms in total. The van der Waals surface area contributed by atoms with Crippen molar-refractivity contribution in [3.63, 3.8) is 0 Å². The van der Waals surface area contributed by atoms with Crippen LogP contribution in [0.25, 0.3) is 0 Å². The third-order valence-electron chi connectivity index (χ3n) is 7.27. The molecule has 8 heteroatoms. The number of nitrogens with one attached hydrogen (secondary N) is 2. The summed E-state index contributed by atoms with van der Waals surface area (Å²) in [4.78, 5) is 15.2. The number of hydrogen-bond donors (Lipinski definition) is 3. The Morgan fingerprint density at radius 3 is 2.40 bits per heavy atom. The van der Waals surface area contributed by atoms with E-state index in [9.17, 15) is 14.3 Å². The number of fused-ring (bicyclic) bond motifs is 2. The van der Waals surface area contributed by atoms with Gasteiger partial charge < -0.3 is 30.1 Å². The number of para-hydroxylation sites is 1. The van der Waals surface area contributed by atoms with Crippen LogP contribution in [-0.2, 0) is 27.2 Å². The molecule has 3 aromatic rings. The maximum Gasteiger partial charge on any atom is 0.337 e. The Balaban J connectivity index is 1.51. The summed E-state index contributed by atoms with van der Waals surface area (Å²) < 4.78 is 26.5. The summed E-state index contributed by atoms with van der Waals surface area (Å²) in [6, 6.07) is 23.9. The molecule has 0 amide bonds. The number of aliphatic hydroxyl groups excluding tert-OH is 1. The number of carbonyl (C=O) groups is 1. The zero-order valence-electron chi connectivity index (χ0n) is 22.8. The van der Waals surface area contributed by atoms with Crippen molar-refractivity contribution < 1.29 is 23.8 Å². The van der Waals surface area contributed by atoms with Crippen molar-refractivity contribution in [3.8, 4) is 0 Å². The predicted octanol–water partition coefficient (Wildman–Crippen LogP) is 4.52. The first kappa shape index (κ1) is 27.6. The van der Waals surface area contributed by atoms with E-state index >= 15 is 0 Å².